The van der Waals surface area contributed by atoms with Crippen molar-refractivity contribution >= 4 is 57.6 Å². The molecule has 0 aliphatic carbocycles. The van der Waals surface area contributed by atoms with E-state index in [2.05, 4.69) is 5.32 Å². The number of carbonyl (C=O) groups is 2. The molecule has 0 atom stereocenters. The van der Waals surface area contributed by atoms with E-state index in [-0.39, 0.29) is 18.4 Å². The molecule has 1 N–H and O–H groups in total. The molecule has 36 heavy (non-hydrogen) atoms. The summed E-state index contributed by atoms with van der Waals surface area (Å²) < 4.78 is 16.8. The van der Waals surface area contributed by atoms with Gasteiger partial charge in [-0.05, 0) is 66.6 Å². The maximum Gasteiger partial charge on any atom is 0.270 e. The van der Waals surface area contributed by atoms with Crippen LogP contribution in [0, 0.1) is 6.92 Å². The van der Waals surface area contributed by atoms with E-state index in [9.17, 15) is 9.59 Å². The van der Waals surface area contributed by atoms with Crippen LogP contribution in [0.4, 0.5) is 11.4 Å². The third kappa shape index (κ3) is 5.69. The van der Waals surface area contributed by atoms with Crippen LogP contribution >= 0.6 is 24.0 Å². The Morgan fingerprint density at radius 3 is 2.47 bits per heavy atom. The number of nitrogens with zero attached hydrogens (tertiary/aromatic N) is 1. The van der Waals surface area contributed by atoms with Crippen molar-refractivity contribution in [2.24, 2.45) is 0 Å². The molecule has 1 aliphatic heterocycles. The predicted octanol–water partition coefficient (Wildman–Crippen LogP) is 5.44. The maximum atomic E-state index is 13.1. The molecule has 4 rings (SSSR count). The highest BCUT2D eigenvalue weighted by atomic mass is 32.2. The molecule has 1 fully saturated rings. The molecule has 9 heteroatoms. The molecule has 3 aromatic rings. The number of hydrogen-bond donors (Lipinski definition) is 1. The van der Waals surface area contributed by atoms with Gasteiger partial charge in [0.2, 0.25) is 0 Å². The van der Waals surface area contributed by atoms with Crippen molar-refractivity contribution in [3.63, 3.8) is 0 Å². The van der Waals surface area contributed by atoms with E-state index in [1.807, 2.05) is 31.2 Å². The normalized spacial score (nSPS) is 14.2. The molecule has 1 saturated heterocycles. The van der Waals surface area contributed by atoms with Gasteiger partial charge in [0, 0.05) is 5.69 Å². The van der Waals surface area contributed by atoms with Gasteiger partial charge in [-0.15, -0.1) is 0 Å². The first kappa shape index (κ1) is 25.3. The minimum absolute atomic E-state index is 0.176. The van der Waals surface area contributed by atoms with Crippen molar-refractivity contribution < 1.29 is 23.8 Å². The number of carbonyl (C=O) groups excluding carboxylic acids is 2. The fourth-order valence-electron chi connectivity index (χ4n) is 3.51. The first-order chi connectivity index (χ1) is 17.4. The third-order valence-corrected chi connectivity index (χ3v) is 6.69. The largest absolute Gasteiger partial charge is 0.497 e. The van der Waals surface area contributed by atoms with Crippen molar-refractivity contribution in [1.29, 1.82) is 0 Å². The van der Waals surface area contributed by atoms with E-state index in [1.165, 1.54) is 23.8 Å². The highest BCUT2D eigenvalue weighted by Gasteiger charge is 2.33. The van der Waals surface area contributed by atoms with E-state index in [4.69, 9.17) is 26.4 Å². The fourth-order valence-corrected chi connectivity index (χ4v) is 4.81. The average molecular weight is 521 g/mol. The Hall–Kier alpha value is -3.82. The zero-order valence-corrected chi connectivity index (χ0v) is 21.6. The minimum Gasteiger partial charge on any atom is -0.497 e. The van der Waals surface area contributed by atoms with Crippen molar-refractivity contribution in [3.8, 4) is 17.2 Å². The molecule has 0 radical (unpaired) electrons. The van der Waals surface area contributed by atoms with Gasteiger partial charge in [-0.3, -0.25) is 14.5 Å². The second-order valence-electron chi connectivity index (χ2n) is 7.78. The monoisotopic (exact) mass is 520 g/mol. The lowest BCUT2D eigenvalue weighted by molar-refractivity contribution is -0.118. The Kier molecular flexibility index (Phi) is 7.92. The second kappa shape index (κ2) is 11.3. The van der Waals surface area contributed by atoms with Crippen LogP contribution in [-0.4, -0.2) is 37.0 Å². The number of thiocarbonyl (C=S) groups is 1. The van der Waals surface area contributed by atoms with Crippen LogP contribution in [0.15, 0.2) is 71.6 Å². The van der Waals surface area contributed by atoms with Crippen LogP contribution in [0.5, 0.6) is 17.2 Å². The molecule has 3 aromatic carbocycles. The molecule has 0 unspecified atom stereocenters. The molecule has 0 spiro atoms. The van der Waals surface area contributed by atoms with Crippen LogP contribution < -0.4 is 24.4 Å². The molecule has 184 valence electrons. The standard InChI is InChI=1S/C27H24N2O5S2/c1-17-6-4-5-7-21(17)28-25(30)16-34-22-13-8-18(14-23(22)33-3)15-24-26(31)29(27(35)36-24)19-9-11-20(32-2)12-10-19/h4-15H,16H2,1-3H3,(H,28,30)/b24-15-. The number of ether oxygens (including phenoxy) is 3. The predicted molar refractivity (Wildman–Crippen MR) is 147 cm³/mol. The van der Waals surface area contributed by atoms with Gasteiger partial charge in [-0.25, -0.2) is 0 Å². The Balaban J connectivity index is 1.45. The summed E-state index contributed by atoms with van der Waals surface area (Å²) in [6.07, 6.45) is 1.75. The van der Waals surface area contributed by atoms with Crippen molar-refractivity contribution in [2.75, 3.05) is 31.0 Å². The summed E-state index contributed by atoms with van der Waals surface area (Å²) >= 11 is 6.68. The zero-order valence-electron chi connectivity index (χ0n) is 19.9. The first-order valence-corrected chi connectivity index (χ1v) is 12.2. The van der Waals surface area contributed by atoms with Crippen LogP contribution in [0.3, 0.4) is 0 Å². The maximum absolute atomic E-state index is 13.1. The SMILES string of the molecule is COc1ccc(N2C(=O)/C(=C/c3ccc(OCC(=O)Nc4ccccc4C)c(OC)c3)SC2=S)cc1. The van der Waals surface area contributed by atoms with Gasteiger partial charge in [0.25, 0.3) is 11.8 Å². The quantitative estimate of drug-likeness (QED) is 0.313. The summed E-state index contributed by atoms with van der Waals surface area (Å²) in [5.41, 5.74) is 3.11. The number of benzene rings is 3. The number of anilines is 2. The van der Waals surface area contributed by atoms with Crippen LogP contribution in [0.2, 0.25) is 0 Å². The Morgan fingerprint density at radius 2 is 1.78 bits per heavy atom. The van der Waals surface area contributed by atoms with E-state index in [0.717, 1.165) is 16.8 Å². The highest BCUT2D eigenvalue weighted by Crippen LogP contribution is 2.37. The van der Waals surface area contributed by atoms with Crippen LogP contribution in [0.1, 0.15) is 11.1 Å². The molecule has 7 nitrogen and oxygen atoms in total. The van der Waals surface area contributed by atoms with E-state index in [0.29, 0.717) is 32.2 Å². The zero-order chi connectivity index (χ0) is 25.7. The number of hydrogen-bond acceptors (Lipinski definition) is 7. The average Bonchev–Trinajstić information content (AvgIpc) is 3.16. The molecule has 0 bridgehead atoms. The topological polar surface area (TPSA) is 77.1 Å². The molecule has 1 aliphatic rings. The highest BCUT2D eigenvalue weighted by molar-refractivity contribution is 8.27. The van der Waals surface area contributed by atoms with Crippen molar-refractivity contribution in [1.82, 2.24) is 0 Å². The van der Waals surface area contributed by atoms with E-state index >= 15 is 0 Å². The summed E-state index contributed by atoms with van der Waals surface area (Å²) in [5, 5.41) is 2.83. The first-order valence-electron chi connectivity index (χ1n) is 11.0. The van der Waals surface area contributed by atoms with Crippen molar-refractivity contribution in [3.05, 3.63) is 82.8 Å². The minimum atomic E-state index is -0.280. The Labute approximate surface area is 219 Å². The molecule has 0 aromatic heterocycles. The van der Waals surface area contributed by atoms with Crippen LogP contribution in [-0.2, 0) is 9.59 Å². The number of methoxy groups -OCH3 is 2. The molecule has 2 amide bonds. The lowest BCUT2D eigenvalue weighted by atomic mass is 10.1. The van der Waals surface area contributed by atoms with Gasteiger partial charge in [0.15, 0.2) is 22.4 Å². The Morgan fingerprint density at radius 1 is 1.03 bits per heavy atom. The van der Waals surface area contributed by atoms with Crippen LogP contribution in [0.25, 0.3) is 6.08 Å². The lowest BCUT2D eigenvalue weighted by Gasteiger charge is -2.14. The summed E-state index contributed by atoms with van der Waals surface area (Å²) in [6.45, 7) is 1.74. The van der Waals surface area contributed by atoms with Gasteiger partial charge >= 0.3 is 0 Å². The number of nitrogens with one attached hydrogen (secondary N) is 1. The molecule has 1 heterocycles. The third-order valence-electron chi connectivity index (χ3n) is 5.39. The summed E-state index contributed by atoms with van der Waals surface area (Å²) in [7, 11) is 3.10. The molecule has 0 saturated carbocycles. The van der Waals surface area contributed by atoms with Crippen molar-refractivity contribution in [2.45, 2.75) is 6.92 Å². The number of amides is 2. The van der Waals surface area contributed by atoms with E-state index < -0.39 is 0 Å². The summed E-state index contributed by atoms with van der Waals surface area (Å²) in [6, 6.07) is 19.9. The van der Waals surface area contributed by atoms with E-state index in [1.54, 1.807) is 55.7 Å². The summed E-state index contributed by atoms with van der Waals surface area (Å²) in [4.78, 5) is 27.4. The Bertz CT molecular complexity index is 1340. The van der Waals surface area contributed by atoms with Gasteiger partial charge in [0.1, 0.15) is 5.75 Å². The van der Waals surface area contributed by atoms with Gasteiger partial charge < -0.3 is 19.5 Å². The van der Waals surface area contributed by atoms with Gasteiger partial charge in [-0.1, -0.05) is 48.2 Å². The molecular formula is C27H24N2O5S2. The smallest absolute Gasteiger partial charge is 0.270 e. The second-order valence-corrected chi connectivity index (χ2v) is 9.45. The fraction of sp³-hybridized carbons (Fsp3) is 0.148. The van der Waals surface area contributed by atoms with Gasteiger partial charge in [-0.2, -0.15) is 0 Å². The number of rotatable bonds is 8. The lowest BCUT2D eigenvalue weighted by Crippen LogP contribution is -2.27. The molecular weight excluding hydrogens is 496 g/mol. The number of para-hydroxylation sites is 1. The number of aryl methyl sites for hydroxylation is 1. The number of thioether (sulfide) groups is 1. The van der Waals surface area contributed by atoms with Gasteiger partial charge in [0.05, 0.1) is 24.8 Å². The summed E-state index contributed by atoms with van der Waals surface area (Å²) in [5.74, 6) is 1.07.